The number of pyridine rings is 1. The van der Waals surface area contributed by atoms with E-state index in [-0.39, 0.29) is 0 Å². The van der Waals surface area contributed by atoms with Gasteiger partial charge in [0.05, 0.1) is 11.4 Å². The van der Waals surface area contributed by atoms with Gasteiger partial charge < -0.3 is 11.1 Å². The van der Waals surface area contributed by atoms with Gasteiger partial charge in [-0.15, -0.1) is 0 Å². The molecule has 0 saturated carbocycles. The summed E-state index contributed by atoms with van der Waals surface area (Å²) in [5.41, 5.74) is 8.74. The van der Waals surface area contributed by atoms with Crippen LogP contribution in [0.5, 0.6) is 0 Å². The van der Waals surface area contributed by atoms with E-state index in [0.717, 1.165) is 40.9 Å². The highest BCUT2D eigenvalue weighted by atomic mass is 15.3. The zero-order valence-electron chi connectivity index (χ0n) is 12.3. The molecule has 5 heteroatoms. The summed E-state index contributed by atoms with van der Waals surface area (Å²) in [6, 6.07) is 8.10. The van der Waals surface area contributed by atoms with Crippen molar-refractivity contribution in [1.29, 1.82) is 0 Å². The normalized spacial score (nSPS) is 11.0. The zero-order chi connectivity index (χ0) is 14.8. The first-order valence-electron chi connectivity index (χ1n) is 7.13. The van der Waals surface area contributed by atoms with Crippen LogP contribution in [0.2, 0.25) is 0 Å². The summed E-state index contributed by atoms with van der Waals surface area (Å²) in [4.78, 5) is 4.16. The fourth-order valence-electron chi connectivity index (χ4n) is 2.46. The predicted octanol–water partition coefficient (Wildman–Crippen LogP) is 3.48. The van der Waals surface area contributed by atoms with E-state index >= 15 is 0 Å². The molecule has 0 radical (unpaired) electrons. The Labute approximate surface area is 123 Å². The number of nitrogens with zero attached hydrogens (tertiary/aromatic N) is 3. The molecule has 2 aromatic heterocycles. The van der Waals surface area contributed by atoms with Crippen molar-refractivity contribution in [2.75, 3.05) is 11.1 Å². The fourth-order valence-corrected chi connectivity index (χ4v) is 2.46. The van der Waals surface area contributed by atoms with Crippen molar-refractivity contribution in [3.05, 3.63) is 42.4 Å². The second-order valence-electron chi connectivity index (χ2n) is 5.10. The van der Waals surface area contributed by atoms with Crippen molar-refractivity contribution in [3.8, 4) is 0 Å². The first kappa shape index (κ1) is 13.4. The van der Waals surface area contributed by atoms with Gasteiger partial charge in [-0.2, -0.15) is 5.10 Å². The van der Waals surface area contributed by atoms with Gasteiger partial charge in [0, 0.05) is 35.4 Å². The average molecular weight is 281 g/mol. The summed E-state index contributed by atoms with van der Waals surface area (Å²) in [6.07, 6.45) is 4.67. The second kappa shape index (κ2) is 5.44. The Morgan fingerprint density at radius 1 is 1.29 bits per heavy atom. The van der Waals surface area contributed by atoms with Crippen LogP contribution in [0.1, 0.15) is 19.0 Å². The Kier molecular flexibility index (Phi) is 3.48. The molecular formula is C16H19N5. The van der Waals surface area contributed by atoms with Crippen molar-refractivity contribution in [2.45, 2.75) is 26.8 Å². The van der Waals surface area contributed by atoms with Gasteiger partial charge in [-0.25, -0.2) is 4.68 Å². The number of hydrogen-bond donors (Lipinski definition) is 2. The third-order valence-electron chi connectivity index (χ3n) is 3.54. The Balaban J connectivity index is 2.06. The summed E-state index contributed by atoms with van der Waals surface area (Å²) in [6.45, 7) is 4.90. The zero-order valence-corrected chi connectivity index (χ0v) is 12.3. The smallest absolute Gasteiger partial charge is 0.152 e. The first-order valence-corrected chi connectivity index (χ1v) is 7.13. The van der Waals surface area contributed by atoms with Crippen molar-refractivity contribution in [2.24, 2.45) is 0 Å². The van der Waals surface area contributed by atoms with Crippen LogP contribution in [0.4, 0.5) is 17.2 Å². The SMILES string of the molecule is CCCn1nc(C)c(N)c1Nc1cccc2cnccc12. The van der Waals surface area contributed by atoms with Crippen LogP contribution in [-0.2, 0) is 6.54 Å². The molecule has 0 amide bonds. The summed E-state index contributed by atoms with van der Waals surface area (Å²) < 4.78 is 1.94. The molecule has 0 fully saturated rings. The van der Waals surface area contributed by atoms with Crippen LogP contribution < -0.4 is 11.1 Å². The third-order valence-corrected chi connectivity index (χ3v) is 3.54. The van der Waals surface area contributed by atoms with Crippen molar-refractivity contribution < 1.29 is 0 Å². The van der Waals surface area contributed by atoms with Crippen LogP contribution in [0, 0.1) is 6.92 Å². The Bertz CT molecular complexity index is 770. The molecule has 0 aliphatic carbocycles. The van der Waals surface area contributed by atoms with Gasteiger partial charge in [-0.3, -0.25) is 4.98 Å². The molecule has 3 N–H and O–H groups in total. The molecule has 2 heterocycles. The molecule has 5 nitrogen and oxygen atoms in total. The van der Waals surface area contributed by atoms with Gasteiger partial charge in [0.1, 0.15) is 0 Å². The highest BCUT2D eigenvalue weighted by Gasteiger charge is 2.13. The van der Waals surface area contributed by atoms with Crippen molar-refractivity contribution in [3.63, 3.8) is 0 Å². The number of benzene rings is 1. The van der Waals surface area contributed by atoms with Gasteiger partial charge >= 0.3 is 0 Å². The fraction of sp³-hybridized carbons (Fsp3) is 0.250. The van der Waals surface area contributed by atoms with E-state index in [9.17, 15) is 0 Å². The summed E-state index contributed by atoms with van der Waals surface area (Å²) in [5, 5.41) is 10.1. The summed E-state index contributed by atoms with van der Waals surface area (Å²) in [5.74, 6) is 0.860. The Morgan fingerprint density at radius 2 is 2.14 bits per heavy atom. The monoisotopic (exact) mass is 281 g/mol. The van der Waals surface area contributed by atoms with E-state index in [0.29, 0.717) is 5.69 Å². The molecule has 3 aromatic rings. The van der Waals surface area contributed by atoms with Gasteiger partial charge in [-0.05, 0) is 25.5 Å². The second-order valence-corrected chi connectivity index (χ2v) is 5.10. The van der Waals surface area contributed by atoms with Crippen LogP contribution in [0.3, 0.4) is 0 Å². The maximum absolute atomic E-state index is 6.17. The lowest BCUT2D eigenvalue weighted by atomic mass is 10.1. The highest BCUT2D eigenvalue weighted by molar-refractivity contribution is 5.95. The molecule has 0 spiro atoms. The lowest BCUT2D eigenvalue weighted by Gasteiger charge is -2.12. The largest absolute Gasteiger partial charge is 0.394 e. The lowest BCUT2D eigenvalue weighted by molar-refractivity contribution is 0.605. The van der Waals surface area contributed by atoms with Crippen molar-refractivity contribution in [1.82, 2.24) is 14.8 Å². The molecule has 0 bridgehead atoms. The maximum atomic E-state index is 6.17. The average Bonchev–Trinajstić information content (AvgIpc) is 2.76. The van der Waals surface area contributed by atoms with Gasteiger partial charge in [0.2, 0.25) is 0 Å². The molecule has 108 valence electrons. The molecular weight excluding hydrogens is 262 g/mol. The Hall–Kier alpha value is -2.56. The summed E-state index contributed by atoms with van der Waals surface area (Å²) >= 11 is 0. The standard InChI is InChI=1S/C16H19N5/c1-3-9-21-16(15(17)11(2)20-21)19-14-6-4-5-12-10-18-8-7-13(12)14/h4-8,10,19H,3,9,17H2,1-2H3. The van der Waals surface area contributed by atoms with E-state index in [1.165, 1.54) is 0 Å². The number of rotatable bonds is 4. The van der Waals surface area contributed by atoms with Crippen LogP contribution in [-0.4, -0.2) is 14.8 Å². The number of aryl methyl sites for hydroxylation is 2. The molecule has 0 atom stereocenters. The highest BCUT2D eigenvalue weighted by Crippen LogP contribution is 2.30. The van der Waals surface area contributed by atoms with E-state index in [4.69, 9.17) is 5.73 Å². The Morgan fingerprint density at radius 3 is 2.95 bits per heavy atom. The number of hydrogen-bond acceptors (Lipinski definition) is 4. The quantitative estimate of drug-likeness (QED) is 0.768. The maximum Gasteiger partial charge on any atom is 0.152 e. The lowest BCUT2D eigenvalue weighted by Crippen LogP contribution is -2.06. The third kappa shape index (κ3) is 2.42. The van der Waals surface area contributed by atoms with Crippen LogP contribution in [0.15, 0.2) is 36.7 Å². The van der Waals surface area contributed by atoms with E-state index in [1.54, 1.807) is 6.20 Å². The van der Waals surface area contributed by atoms with Crippen LogP contribution in [0.25, 0.3) is 10.8 Å². The molecule has 0 unspecified atom stereocenters. The molecule has 0 aliphatic rings. The first-order chi connectivity index (χ1) is 10.2. The van der Waals surface area contributed by atoms with Crippen LogP contribution >= 0.6 is 0 Å². The molecule has 1 aromatic carbocycles. The number of nitrogens with two attached hydrogens (primary N) is 1. The molecule has 0 saturated heterocycles. The molecule has 3 rings (SSSR count). The minimum Gasteiger partial charge on any atom is -0.394 e. The van der Waals surface area contributed by atoms with E-state index < -0.39 is 0 Å². The van der Waals surface area contributed by atoms with Gasteiger partial charge in [0.25, 0.3) is 0 Å². The summed E-state index contributed by atoms with van der Waals surface area (Å²) in [7, 11) is 0. The molecule has 21 heavy (non-hydrogen) atoms. The van der Waals surface area contributed by atoms with E-state index in [2.05, 4.69) is 22.3 Å². The molecule has 0 aliphatic heterocycles. The van der Waals surface area contributed by atoms with Gasteiger partial charge in [-0.1, -0.05) is 19.1 Å². The van der Waals surface area contributed by atoms with E-state index in [1.807, 2.05) is 42.1 Å². The number of anilines is 3. The number of fused-ring (bicyclic) bond motifs is 1. The van der Waals surface area contributed by atoms with Crippen molar-refractivity contribution >= 4 is 28.0 Å². The van der Waals surface area contributed by atoms with Gasteiger partial charge in [0.15, 0.2) is 5.82 Å². The number of nitrogen functional groups attached to an aromatic ring is 1. The number of nitrogens with one attached hydrogen (secondary N) is 1. The number of aromatic nitrogens is 3. The minimum atomic E-state index is 0.703. The minimum absolute atomic E-state index is 0.703. The predicted molar refractivity (Wildman–Crippen MR) is 86.7 cm³/mol. The topological polar surface area (TPSA) is 68.8 Å².